The lowest BCUT2D eigenvalue weighted by molar-refractivity contribution is -0.0558. The monoisotopic (exact) mass is 284 g/mol. The number of hydrogen-bond donors (Lipinski definition) is 0. The lowest BCUT2D eigenvalue weighted by Crippen LogP contribution is -2.39. The zero-order valence-corrected chi connectivity index (χ0v) is 13.4. The number of ether oxygens (including phenoxy) is 2. The molecular formula is C19H24O2. The molecule has 2 aromatic rings. The van der Waals surface area contributed by atoms with E-state index in [1.54, 1.807) is 0 Å². The van der Waals surface area contributed by atoms with Gasteiger partial charge in [0.2, 0.25) is 0 Å². The second-order valence-corrected chi connectivity index (χ2v) is 6.10. The quantitative estimate of drug-likeness (QED) is 0.809. The molecule has 0 unspecified atom stereocenters. The smallest absolute Gasteiger partial charge is 0.127 e. The summed E-state index contributed by atoms with van der Waals surface area (Å²) < 4.78 is 11.8. The van der Waals surface area contributed by atoms with Crippen molar-refractivity contribution < 1.29 is 9.47 Å². The lowest BCUT2D eigenvalue weighted by atomic mass is 9.91. The fourth-order valence-corrected chi connectivity index (χ4v) is 3.23. The van der Waals surface area contributed by atoms with Crippen molar-refractivity contribution in [2.75, 3.05) is 6.61 Å². The van der Waals surface area contributed by atoms with Gasteiger partial charge in [0, 0.05) is 24.8 Å². The van der Waals surface area contributed by atoms with Crippen LogP contribution in [-0.4, -0.2) is 18.8 Å². The van der Waals surface area contributed by atoms with Crippen LogP contribution in [0.3, 0.4) is 0 Å². The van der Waals surface area contributed by atoms with Gasteiger partial charge in [-0.2, -0.15) is 0 Å². The maximum Gasteiger partial charge on any atom is 0.127 e. The average molecular weight is 284 g/mol. The van der Waals surface area contributed by atoms with Crippen molar-refractivity contribution in [1.29, 1.82) is 0 Å². The van der Waals surface area contributed by atoms with Crippen molar-refractivity contribution in [3.63, 3.8) is 0 Å². The minimum Gasteiger partial charge on any atom is -0.490 e. The zero-order valence-electron chi connectivity index (χ0n) is 13.4. The molecule has 2 nitrogen and oxygen atoms in total. The van der Waals surface area contributed by atoms with Crippen molar-refractivity contribution >= 4 is 10.8 Å². The van der Waals surface area contributed by atoms with E-state index in [1.165, 1.54) is 27.5 Å². The molecule has 21 heavy (non-hydrogen) atoms. The molecule has 1 saturated carbocycles. The molecule has 0 heterocycles. The van der Waals surface area contributed by atoms with Gasteiger partial charge >= 0.3 is 0 Å². The maximum atomic E-state index is 6.24. The number of hydrogen-bond acceptors (Lipinski definition) is 2. The summed E-state index contributed by atoms with van der Waals surface area (Å²) >= 11 is 0. The summed E-state index contributed by atoms with van der Waals surface area (Å²) in [6, 6.07) is 8.65. The van der Waals surface area contributed by atoms with Crippen LogP contribution in [0.4, 0.5) is 0 Å². The molecule has 0 N–H and O–H groups in total. The summed E-state index contributed by atoms with van der Waals surface area (Å²) in [5, 5.41) is 2.58. The fourth-order valence-electron chi connectivity index (χ4n) is 3.23. The van der Waals surface area contributed by atoms with E-state index in [2.05, 4.69) is 45.0 Å². The standard InChI is InChI=1S/C19H24O2/c1-5-20-15-10-16(11-15)21-18-8-6-7-17-14(4)12(2)9-13(3)19(17)18/h6-9,15-16H,5,10-11H2,1-4H3. The van der Waals surface area contributed by atoms with E-state index < -0.39 is 0 Å². The molecule has 0 radical (unpaired) electrons. The van der Waals surface area contributed by atoms with E-state index in [4.69, 9.17) is 9.47 Å². The van der Waals surface area contributed by atoms with E-state index >= 15 is 0 Å². The highest BCUT2D eigenvalue weighted by molar-refractivity contribution is 5.94. The average Bonchev–Trinajstić information content (AvgIpc) is 2.42. The third-order valence-corrected chi connectivity index (χ3v) is 4.60. The van der Waals surface area contributed by atoms with Crippen molar-refractivity contribution in [3.05, 3.63) is 41.0 Å². The van der Waals surface area contributed by atoms with Gasteiger partial charge < -0.3 is 9.47 Å². The highest BCUT2D eigenvalue weighted by atomic mass is 16.5. The van der Waals surface area contributed by atoms with Gasteiger partial charge in [0.1, 0.15) is 11.9 Å². The van der Waals surface area contributed by atoms with Gasteiger partial charge in [-0.3, -0.25) is 0 Å². The molecule has 2 heteroatoms. The lowest BCUT2D eigenvalue weighted by Gasteiger charge is -2.35. The molecule has 0 saturated heterocycles. The molecule has 1 aliphatic carbocycles. The molecule has 0 spiro atoms. The van der Waals surface area contributed by atoms with Crippen LogP contribution in [0.5, 0.6) is 5.75 Å². The first-order chi connectivity index (χ1) is 10.1. The van der Waals surface area contributed by atoms with Crippen LogP contribution in [0.2, 0.25) is 0 Å². The third-order valence-electron chi connectivity index (χ3n) is 4.60. The van der Waals surface area contributed by atoms with Crippen LogP contribution in [0.25, 0.3) is 10.8 Å². The van der Waals surface area contributed by atoms with Crippen LogP contribution in [-0.2, 0) is 4.74 Å². The van der Waals surface area contributed by atoms with Crippen LogP contribution >= 0.6 is 0 Å². The molecular weight excluding hydrogens is 260 g/mol. The third kappa shape index (κ3) is 2.65. The summed E-state index contributed by atoms with van der Waals surface area (Å²) in [7, 11) is 0. The molecule has 0 aliphatic heterocycles. The van der Waals surface area contributed by atoms with Crippen LogP contribution < -0.4 is 4.74 Å². The SMILES string of the molecule is CCOC1CC(Oc2cccc3c(C)c(C)cc(C)c23)C1. The summed E-state index contributed by atoms with van der Waals surface area (Å²) in [4.78, 5) is 0. The molecule has 3 rings (SSSR count). The number of rotatable bonds is 4. The maximum absolute atomic E-state index is 6.24. The molecule has 1 aliphatic rings. The van der Waals surface area contributed by atoms with Crippen molar-refractivity contribution in [1.82, 2.24) is 0 Å². The molecule has 112 valence electrons. The van der Waals surface area contributed by atoms with Crippen LogP contribution in [0.15, 0.2) is 24.3 Å². The second kappa shape index (κ2) is 5.69. The van der Waals surface area contributed by atoms with Gasteiger partial charge in [0.25, 0.3) is 0 Å². The fraction of sp³-hybridized carbons (Fsp3) is 0.474. The summed E-state index contributed by atoms with van der Waals surface area (Å²) in [6.45, 7) is 9.38. The first-order valence-corrected chi connectivity index (χ1v) is 7.88. The molecule has 0 atom stereocenters. The Morgan fingerprint density at radius 3 is 2.52 bits per heavy atom. The van der Waals surface area contributed by atoms with E-state index in [0.29, 0.717) is 12.2 Å². The number of aryl methyl sites for hydroxylation is 3. The minimum atomic E-state index is 0.299. The van der Waals surface area contributed by atoms with E-state index in [9.17, 15) is 0 Å². The topological polar surface area (TPSA) is 18.5 Å². The molecule has 0 amide bonds. The molecule has 1 fully saturated rings. The minimum absolute atomic E-state index is 0.299. The second-order valence-electron chi connectivity index (χ2n) is 6.10. The normalized spacial score (nSPS) is 21.3. The Balaban J connectivity index is 1.88. The van der Waals surface area contributed by atoms with Crippen LogP contribution in [0, 0.1) is 20.8 Å². The van der Waals surface area contributed by atoms with E-state index in [-0.39, 0.29) is 0 Å². The highest BCUT2D eigenvalue weighted by Crippen LogP contribution is 2.36. The summed E-state index contributed by atoms with van der Waals surface area (Å²) in [5.41, 5.74) is 3.99. The highest BCUT2D eigenvalue weighted by Gasteiger charge is 2.31. The summed E-state index contributed by atoms with van der Waals surface area (Å²) in [6.07, 6.45) is 2.70. The first kappa shape index (κ1) is 14.4. The number of fused-ring (bicyclic) bond motifs is 1. The Morgan fingerprint density at radius 1 is 1.05 bits per heavy atom. The Kier molecular flexibility index (Phi) is 3.90. The van der Waals surface area contributed by atoms with Gasteiger partial charge in [-0.1, -0.05) is 18.2 Å². The van der Waals surface area contributed by atoms with Gasteiger partial charge in [0.05, 0.1) is 6.10 Å². The zero-order chi connectivity index (χ0) is 15.0. The van der Waals surface area contributed by atoms with Gasteiger partial charge in [0.15, 0.2) is 0 Å². The van der Waals surface area contributed by atoms with Gasteiger partial charge in [-0.05, 0) is 55.8 Å². The van der Waals surface area contributed by atoms with E-state index in [1.807, 2.05) is 6.92 Å². The van der Waals surface area contributed by atoms with Crippen LogP contribution in [0.1, 0.15) is 36.5 Å². The molecule has 2 aromatic carbocycles. The van der Waals surface area contributed by atoms with Crippen molar-refractivity contribution in [2.24, 2.45) is 0 Å². The Bertz CT molecular complexity index is 654. The van der Waals surface area contributed by atoms with Gasteiger partial charge in [-0.25, -0.2) is 0 Å². The predicted octanol–water partition coefficient (Wildman–Crippen LogP) is 4.71. The Morgan fingerprint density at radius 2 is 1.81 bits per heavy atom. The predicted molar refractivity (Wildman–Crippen MR) is 87.2 cm³/mol. The Hall–Kier alpha value is -1.54. The summed E-state index contributed by atoms with van der Waals surface area (Å²) in [5.74, 6) is 1.02. The number of benzene rings is 2. The Labute approximate surface area is 127 Å². The molecule has 0 bridgehead atoms. The molecule has 0 aromatic heterocycles. The van der Waals surface area contributed by atoms with Gasteiger partial charge in [-0.15, -0.1) is 0 Å². The largest absolute Gasteiger partial charge is 0.490 e. The van der Waals surface area contributed by atoms with Crippen molar-refractivity contribution in [3.8, 4) is 5.75 Å². The first-order valence-electron chi connectivity index (χ1n) is 7.88. The van der Waals surface area contributed by atoms with E-state index in [0.717, 1.165) is 25.2 Å². The van der Waals surface area contributed by atoms with Crippen molar-refractivity contribution in [2.45, 2.75) is 52.7 Å².